The lowest BCUT2D eigenvalue weighted by Gasteiger charge is -2.28. The van der Waals surface area contributed by atoms with Crippen LogP contribution in [0.4, 0.5) is 0 Å². The third-order valence-electron chi connectivity index (χ3n) is 3.37. The number of para-hydroxylation sites is 1. The van der Waals surface area contributed by atoms with Crippen molar-refractivity contribution in [3.8, 4) is 0 Å². The average Bonchev–Trinajstić information content (AvgIpc) is 2.78. The first-order valence-corrected chi connectivity index (χ1v) is 6.14. The van der Waals surface area contributed by atoms with Crippen LogP contribution in [0.3, 0.4) is 0 Å². The molecular weight excluding hydrogens is 246 g/mol. The number of aliphatic hydroxyl groups is 3. The van der Waals surface area contributed by atoms with E-state index in [1.54, 1.807) is 4.68 Å². The molecule has 0 unspecified atom stereocenters. The summed E-state index contributed by atoms with van der Waals surface area (Å²) in [5.41, 5.74) is 0.748. The Morgan fingerprint density at radius 1 is 1.16 bits per heavy atom. The van der Waals surface area contributed by atoms with Crippen LogP contribution in [-0.4, -0.2) is 50.5 Å². The van der Waals surface area contributed by atoms with E-state index in [1.165, 1.54) is 0 Å². The van der Waals surface area contributed by atoms with Gasteiger partial charge >= 0.3 is 0 Å². The maximum Gasteiger partial charge on any atom is 0.0884 e. The largest absolute Gasteiger partial charge is 0.394 e. The van der Waals surface area contributed by atoms with E-state index in [1.807, 2.05) is 31.3 Å². The maximum absolute atomic E-state index is 9.26. The van der Waals surface area contributed by atoms with E-state index < -0.39 is 5.54 Å². The number of nitrogens with zero attached hydrogens (tertiary/aromatic N) is 2. The molecule has 1 aromatic heterocycles. The Hall–Kier alpha value is -1.47. The second-order valence-corrected chi connectivity index (χ2v) is 4.70. The van der Waals surface area contributed by atoms with Crippen LogP contribution in [0.2, 0.25) is 0 Å². The summed E-state index contributed by atoms with van der Waals surface area (Å²) in [6.07, 6.45) is 0. The van der Waals surface area contributed by atoms with Gasteiger partial charge in [-0.3, -0.25) is 10.00 Å². The number of nitrogens with one attached hydrogen (secondary N) is 1. The molecule has 0 fully saturated rings. The molecule has 0 atom stereocenters. The Balaban J connectivity index is 2.22. The minimum Gasteiger partial charge on any atom is -0.394 e. The molecule has 104 valence electrons. The lowest BCUT2D eigenvalue weighted by molar-refractivity contribution is 0.0412. The van der Waals surface area contributed by atoms with Crippen LogP contribution in [0, 0.1) is 0 Å². The Bertz CT molecular complexity index is 541. The van der Waals surface area contributed by atoms with Crippen LogP contribution in [-0.2, 0) is 13.6 Å². The fourth-order valence-electron chi connectivity index (χ4n) is 2.01. The van der Waals surface area contributed by atoms with E-state index >= 15 is 0 Å². The lowest BCUT2D eigenvalue weighted by Crippen LogP contribution is -2.54. The van der Waals surface area contributed by atoms with E-state index in [0.29, 0.717) is 6.54 Å². The summed E-state index contributed by atoms with van der Waals surface area (Å²) in [6, 6.07) is 7.83. The van der Waals surface area contributed by atoms with E-state index in [-0.39, 0.29) is 19.8 Å². The molecule has 0 aliphatic heterocycles. The molecular formula is C13H19N3O3. The van der Waals surface area contributed by atoms with Crippen LogP contribution in [0.15, 0.2) is 24.3 Å². The predicted octanol–water partition coefficient (Wildman–Crippen LogP) is -0.621. The minimum absolute atomic E-state index is 0.342. The molecule has 4 N–H and O–H groups in total. The van der Waals surface area contributed by atoms with Crippen molar-refractivity contribution in [3.05, 3.63) is 30.0 Å². The molecule has 0 aliphatic rings. The van der Waals surface area contributed by atoms with E-state index in [4.69, 9.17) is 0 Å². The van der Waals surface area contributed by atoms with E-state index in [2.05, 4.69) is 10.4 Å². The molecule has 2 rings (SSSR count). The fourth-order valence-corrected chi connectivity index (χ4v) is 2.01. The van der Waals surface area contributed by atoms with Crippen molar-refractivity contribution in [2.75, 3.05) is 19.8 Å². The molecule has 0 bridgehead atoms. The number of hydrogen-bond acceptors (Lipinski definition) is 5. The molecule has 0 aliphatic carbocycles. The van der Waals surface area contributed by atoms with Gasteiger partial charge in [-0.15, -0.1) is 0 Å². The van der Waals surface area contributed by atoms with Gasteiger partial charge in [0, 0.05) is 19.0 Å². The quantitative estimate of drug-likeness (QED) is 0.559. The van der Waals surface area contributed by atoms with E-state index in [9.17, 15) is 15.3 Å². The van der Waals surface area contributed by atoms with Gasteiger partial charge in [-0.1, -0.05) is 18.2 Å². The summed E-state index contributed by atoms with van der Waals surface area (Å²) < 4.78 is 1.78. The zero-order chi connectivity index (χ0) is 13.9. The fraction of sp³-hybridized carbons (Fsp3) is 0.462. The summed E-state index contributed by atoms with van der Waals surface area (Å²) in [7, 11) is 1.86. The van der Waals surface area contributed by atoms with Gasteiger partial charge in [-0.2, -0.15) is 5.10 Å². The molecule has 6 nitrogen and oxygen atoms in total. The molecule has 0 saturated heterocycles. The minimum atomic E-state index is -1.08. The van der Waals surface area contributed by atoms with Crippen LogP contribution in [0.1, 0.15) is 5.69 Å². The smallest absolute Gasteiger partial charge is 0.0884 e. The number of aliphatic hydroxyl groups excluding tert-OH is 3. The summed E-state index contributed by atoms with van der Waals surface area (Å²) in [6.45, 7) is -0.663. The van der Waals surface area contributed by atoms with Crippen molar-refractivity contribution in [2.45, 2.75) is 12.1 Å². The van der Waals surface area contributed by atoms with Crippen molar-refractivity contribution < 1.29 is 15.3 Å². The SMILES string of the molecule is Cn1nc(CNC(CO)(CO)CO)c2ccccc21. The Morgan fingerprint density at radius 2 is 1.79 bits per heavy atom. The zero-order valence-corrected chi connectivity index (χ0v) is 10.9. The molecule has 0 saturated carbocycles. The van der Waals surface area contributed by atoms with Gasteiger partial charge in [-0.05, 0) is 6.07 Å². The summed E-state index contributed by atoms with van der Waals surface area (Å²) in [5, 5.41) is 36.2. The molecule has 2 aromatic rings. The number of benzene rings is 1. The Labute approximate surface area is 111 Å². The van der Waals surface area contributed by atoms with Crippen molar-refractivity contribution in [1.82, 2.24) is 15.1 Å². The third kappa shape index (κ3) is 2.62. The molecule has 0 spiro atoms. The molecule has 6 heteroatoms. The molecule has 1 heterocycles. The van der Waals surface area contributed by atoms with Crippen LogP contribution in [0.25, 0.3) is 10.9 Å². The van der Waals surface area contributed by atoms with Crippen LogP contribution >= 0.6 is 0 Å². The summed E-state index contributed by atoms with van der Waals surface area (Å²) in [4.78, 5) is 0. The second-order valence-electron chi connectivity index (χ2n) is 4.70. The predicted molar refractivity (Wildman–Crippen MR) is 71.5 cm³/mol. The molecule has 0 amide bonds. The number of hydrogen-bond donors (Lipinski definition) is 4. The highest BCUT2D eigenvalue weighted by atomic mass is 16.3. The van der Waals surface area contributed by atoms with E-state index in [0.717, 1.165) is 16.6 Å². The standard InChI is InChI=1S/C13H19N3O3/c1-16-12-5-3-2-4-10(12)11(15-16)6-14-13(7-17,8-18)9-19/h2-5,14,17-19H,6-9H2,1H3. The first kappa shape index (κ1) is 14.0. The zero-order valence-electron chi connectivity index (χ0n) is 10.9. The summed E-state index contributed by atoms with van der Waals surface area (Å²) >= 11 is 0. The van der Waals surface area contributed by atoms with Gasteiger partial charge in [0.25, 0.3) is 0 Å². The number of aryl methyl sites for hydroxylation is 1. The van der Waals surface area contributed by atoms with Gasteiger partial charge in [-0.25, -0.2) is 0 Å². The van der Waals surface area contributed by atoms with Gasteiger partial charge in [0.05, 0.1) is 36.6 Å². The summed E-state index contributed by atoms with van der Waals surface area (Å²) in [5.74, 6) is 0. The van der Waals surface area contributed by atoms with Crippen molar-refractivity contribution in [1.29, 1.82) is 0 Å². The highest BCUT2D eigenvalue weighted by Gasteiger charge is 2.27. The highest BCUT2D eigenvalue weighted by Crippen LogP contribution is 2.17. The maximum atomic E-state index is 9.26. The van der Waals surface area contributed by atoms with Crippen LogP contribution in [0.5, 0.6) is 0 Å². The molecule has 0 radical (unpaired) electrons. The Kier molecular flexibility index (Phi) is 4.16. The number of aromatic nitrogens is 2. The van der Waals surface area contributed by atoms with Gasteiger partial charge in [0.1, 0.15) is 0 Å². The third-order valence-corrected chi connectivity index (χ3v) is 3.37. The number of fused-ring (bicyclic) bond motifs is 1. The monoisotopic (exact) mass is 265 g/mol. The van der Waals surface area contributed by atoms with Crippen LogP contribution < -0.4 is 5.32 Å². The normalized spacial score (nSPS) is 12.2. The molecule has 1 aromatic carbocycles. The van der Waals surface area contributed by atoms with Crippen molar-refractivity contribution in [2.24, 2.45) is 7.05 Å². The average molecular weight is 265 g/mol. The first-order chi connectivity index (χ1) is 9.15. The van der Waals surface area contributed by atoms with Gasteiger partial charge in [0.15, 0.2) is 0 Å². The van der Waals surface area contributed by atoms with Gasteiger partial charge < -0.3 is 15.3 Å². The van der Waals surface area contributed by atoms with Gasteiger partial charge in [0.2, 0.25) is 0 Å². The lowest BCUT2D eigenvalue weighted by atomic mass is 10.0. The highest BCUT2D eigenvalue weighted by molar-refractivity contribution is 5.81. The first-order valence-electron chi connectivity index (χ1n) is 6.14. The van der Waals surface area contributed by atoms with Crippen molar-refractivity contribution in [3.63, 3.8) is 0 Å². The van der Waals surface area contributed by atoms with Crippen molar-refractivity contribution >= 4 is 10.9 Å². The second kappa shape index (κ2) is 5.66. The number of rotatable bonds is 6. The topological polar surface area (TPSA) is 90.5 Å². The Morgan fingerprint density at radius 3 is 2.42 bits per heavy atom. The molecule has 19 heavy (non-hydrogen) atoms.